The summed E-state index contributed by atoms with van der Waals surface area (Å²) in [5.41, 5.74) is 6.98. The minimum absolute atomic E-state index is 0.0286. The lowest BCUT2D eigenvalue weighted by Crippen LogP contribution is -2.11. The maximum absolute atomic E-state index is 7.33. The Balaban J connectivity index is 2.50. The molecule has 0 aliphatic carbocycles. The third-order valence-corrected chi connectivity index (χ3v) is 3.16. The van der Waals surface area contributed by atoms with Gasteiger partial charge in [0.05, 0.1) is 6.61 Å². The van der Waals surface area contributed by atoms with Crippen LogP contribution < -0.4 is 5.73 Å². The smallest absolute Gasteiger partial charge is 0.122 e. The molecule has 0 saturated carbocycles. The fourth-order valence-corrected chi connectivity index (χ4v) is 2.01. The fraction of sp³-hybridized carbons (Fsp3) is 0.500. The van der Waals surface area contributed by atoms with Crippen molar-refractivity contribution in [3.8, 4) is 0 Å². The molecule has 0 aliphatic rings. The second-order valence-electron chi connectivity index (χ2n) is 4.63. The maximum atomic E-state index is 7.33. The molecule has 0 saturated heterocycles. The Morgan fingerprint density at radius 1 is 1.50 bits per heavy atom. The largest absolute Gasteiger partial charge is 0.384 e. The van der Waals surface area contributed by atoms with Crippen molar-refractivity contribution in [2.24, 2.45) is 11.7 Å². The Kier molecular flexibility index (Phi) is 6.16. The van der Waals surface area contributed by atoms with Gasteiger partial charge in [-0.2, -0.15) is 0 Å². The fourth-order valence-electron chi connectivity index (χ4n) is 1.78. The summed E-state index contributed by atoms with van der Waals surface area (Å²) >= 11 is 6.12. The van der Waals surface area contributed by atoms with E-state index in [0.717, 1.165) is 12.2 Å². The van der Waals surface area contributed by atoms with Gasteiger partial charge in [0.2, 0.25) is 0 Å². The van der Waals surface area contributed by atoms with Crippen molar-refractivity contribution in [3.05, 3.63) is 34.3 Å². The lowest BCUT2D eigenvalue weighted by molar-refractivity contribution is 0.0894. The van der Waals surface area contributed by atoms with Crippen LogP contribution in [0.1, 0.15) is 37.8 Å². The van der Waals surface area contributed by atoms with Gasteiger partial charge in [0.1, 0.15) is 5.84 Å². The number of hydrogen-bond donors (Lipinski definition) is 2. The first kappa shape index (κ1) is 15.0. The van der Waals surface area contributed by atoms with Crippen LogP contribution in [0.5, 0.6) is 0 Å². The average Bonchev–Trinajstić information content (AvgIpc) is 2.31. The molecule has 0 aromatic heterocycles. The van der Waals surface area contributed by atoms with Crippen LogP contribution in [0.25, 0.3) is 0 Å². The maximum Gasteiger partial charge on any atom is 0.122 e. The van der Waals surface area contributed by atoms with E-state index >= 15 is 0 Å². The zero-order valence-corrected chi connectivity index (χ0v) is 11.8. The zero-order valence-electron chi connectivity index (χ0n) is 11.0. The Labute approximate surface area is 114 Å². The molecule has 4 heteroatoms. The highest BCUT2D eigenvalue weighted by atomic mass is 35.5. The first-order valence-corrected chi connectivity index (χ1v) is 6.63. The van der Waals surface area contributed by atoms with E-state index in [1.165, 1.54) is 12.8 Å². The van der Waals surface area contributed by atoms with Crippen LogP contribution in [0.15, 0.2) is 18.2 Å². The van der Waals surface area contributed by atoms with Crippen molar-refractivity contribution in [1.82, 2.24) is 0 Å². The normalized spacial score (nSPS) is 12.4. The summed E-state index contributed by atoms with van der Waals surface area (Å²) in [6.45, 7) is 5.61. The predicted molar refractivity (Wildman–Crippen MR) is 76.2 cm³/mol. The van der Waals surface area contributed by atoms with Crippen LogP contribution in [-0.4, -0.2) is 12.4 Å². The summed E-state index contributed by atoms with van der Waals surface area (Å²) in [6, 6.07) is 5.37. The van der Waals surface area contributed by atoms with Crippen molar-refractivity contribution >= 4 is 17.4 Å². The Morgan fingerprint density at radius 2 is 2.22 bits per heavy atom. The standard InChI is InChI=1S/C14H21ClN2O/c1-3-4-10(2)8-18-9-12-6-5-11(14(16)17)7-13(12)15/h5-7,10H,3-4,8-9H2,1-2H3,(H3,16,17). The number of amidine groups is 1. The lowest BCUT2D eigenvalue weighted by Gasteiger charge is -2.12. The molecule has 1 rings (SSSR count). The molecule has 1 aromatic carbocycles. The Bertz CT molecular complexity index is 407. The minimum atomic E-state index is 0.0286. The van der Waals surface area contributed by atoms with Crippen molar-refractivity contribution < 1.29 is 4.74 Å². The minimum Gasteiger partial charge on any atom is -0.384 e. The molecule has 0 heterocycles. The summed E-state index contributed by atoms with van der Waals surface area (Å²) < 4.78 is 5.65. The van der Waals surface area contributed by atoms with Gasteiger partial charge < -0.3 is 10.5 Å². The topological polar surface area (TPSA) is 59.1 Å². The summed E-state index contributed by atoms with van der Waals surface area (Å²) in [7, 11) is 0. The van der Waals surface area contributed by atoms with Crippen LogP contribution in [0.3, 0.4) is 0 Å². The van der Waals surface area contributed by atoms with E-state index in [1.807, 2.05) is 6.07 Å². The van der Waals surface area contributed by atoms with Crippen LogP contribution in [0.2, 0.25) is 5.02 Å². The Morgan fingerprint density at radius 3 is 2.78 bits per heavy atom. The third kappa shape index (κ3) is 4.67. The van der Waals surface area contributed by atoms with Gasteiger partial charge in [-0.3, -0.25) is 5.41 Å². The van der Waals surface area contributed by atoms with Gasteiger partial charge in [-0.1, -0.05) is 44.0 Å². The quantitative estimate of drug-likeness (QED) is 0.587. The molecule has 0 fully saturated rings. The molecule has 3 N–H and O–H groups in total. The van der Waals surface area contributed by atoms with Crippen molar-refractivity contribution in [1.29, 1.82) is 5.41 Å². The number of nitrogens with one attached hydrogen (secondary N) is 1. The van der Waals surface area contributed by atoms with E-state index in [1.54, 1.807) is 12.1 Å². The van der Waals surface area contributed by atoms with E-state index in [-0.39, 0.29) is 5.84 Å². The summed E-state index contributed by atoms with van der Waals surface area (Å²) in [6.07, 6.45) is 2.36. The van der Waals surface area contributed by atoms with Gasteiger partial charge in [0.25, 0.3) is 0 Å². The van der Waals surface area contributed by atoms with E-state index in [0.29, 0.717) is 23.1 Å². The molecular weight excluding hydrogens is 248 g/mol. The summed E-state index contributed by atoms with van der Waals surface area (Å²) in [5.74, 6) is 0.603. The van der Waals surface area contributed by atoms with Crippen LogP contribution in [0.4, 0.5) is 0 Å². The van der Waals surface area contributed by atoms with Gasteiger partial charge in [0, 0.05) is 17.2 Å². The van der Waals surface area contributed by atoms with Crippen molar-refractivity contribution in [2.75, 3.05) is 6.61 Å². The van der Waals surface area contributed by atoms with E-state index in [2.05, 4.69) is 13.8 Å². The first-order chi connectivity index (χ1) is 8.54. The first-order valence-electron chi connectivity index (χ1n) is 6.25. The number of rotatable bonds is 7. The molecule has 0 spiro atoms. The lowest BCUT2D eigenvalue weighted by atomic mass is 10.1. The molecule has 0 amide bonds. The van der Waals surface area contributed by atoms with E-state index in [4.69, 9.17) is 27.5 Å². The molecule has 1 atom stereocenters. The zero-order chi connectivity index (χ0) is 13.5. The van der Waals surface area contributed by atoms with Gasteiger partial charge in [-0.25, -0.2) is 0 Å². The monoisotopic (exact) mass is 268 g/mol. The second-order valence-corrected chi connectivity index (χ2v) is 5.04. The van der Waals surface area contributed by atoms with Crippen molar-refractivity contribution in [2.45, 2.75) is 33.3 Å². The SMILES string of the molecule is CCCC(C)COCc1ccc(C(=N)N)cc1Cl. The van der Waals surface area contributed by atoms with Gasteiger partial charge in [-0.05, 0) is 24.0 Å². The number of nitrogen functional groups attached to an aromatic ring is 1. The molecular formula is C14H21ClN2O. The molecule has 1 unspecified atom stereocenters. The van der Waals surface area contributed by atoms with Crippen LogP contribution in [0, 0.1) is 11.3 Å². The second kappa shape index (κ2) is 7.39. The van der Waals surface area contributed by atoms with Gasteiger partial charge in [-0.15, -0.1) is 0 Å². The van der Waals surface area contributed by atoms with Crippen LogP contribution in [-0.2, 0) is 11.3 Å². The average molecular weight is 269 g/mol. The molecule has 3 nitrogen and oxygen atoms in total. The highest BCUT2D eigenvalue weighted by molar-refractivity contribution is 6.31. The highest BCUT2D eigenvalue weighted by Gasteiger charge is 2.05. The number of hydrogen-bond acceptors (Lipinski definition) is 2. The third-order valence-electron chi connectivity index (χ3n) is 2.81. The molecule has 0 aliphatic heterocycles. The van der Waals surface area contributed by atoms with Gasteiger partial charge in [0.15, 0.2) is 0 Å². The summed E-state index contributed by atoms with van der Waals surface area (Å²) in [4.78, 5) is 0. The van der Waals surface area contributed by atoms with E-state index in [9.17, 15) is 0 Å². The molecule has 0 radical (unpaired) electrons. The van der Waals surface area contributed by atoms with Gasteiger partial charge >= 0.3 is 0 Å². The predicted octanol–water partition coefficient (Wildman–Crippen LogP) is 3.58. The molecule has 18 heavy (non-hydrogen) atoms. The number of halogens is 1. The molecule has 100 valence electrons. The Hall–Kier alpha value is -1.06. The van der Waals surface area contributed by atoms with Crippen molar-refractivity contribution in [3.63, 3.8) is 0 Å². The van der Waals surface area contributed by atoms with Crippen LogP contribution >= 0.6 is 11.6 Å². The number of ether oxygens (including phenoxy) is 1. The number of benzene rings is 1. The summed E-state index contributed by atoms with van der Waals surface area (Å²) in [5, 5.41) is 7.93. The molecule has 1 aromatic rings. The molecule has 0 bridgehead atoms. The number of nitrogens with two attached hydrogens (primary N) is 1. The van der Waals surface area contributed by atoms with E-state index < -0.39 is 0 Å². The highest BCUT2D eigenvalue weighted by Crippen LogP contribution is 2.19.